The van der Waals surface area contributed by atoms with Crippen LogP contribution in [0.15, 0.2) is 77.3 Å². The number of amides is 1. The number of carbonyl (C=O) groups excluding carboxylic acids is 2. The average Bonchev–Trinajstić information content (AvgIpc) is 2.73. The lowest BCUT2D eigenvalue weighted by Crippen LogP contribution is -2.16. The topological polar surface area (TPSA) is 89.3 Å². The molecule has 1 N–H and O–H groups in total. The Kier molecular flexibility index (Phi) is 6.51. The number of hydrogen-bond donors (Lipinski definition) is 1. The van der Waals surface area contributed by atoms with Gasteiger partial charge in [-0.2, -0.15) is 0 Å². The molecule has 0 bridgehead atoms. The van der Waals surface area contributed by atoms with Gasteiger partial charge in [-0.05, 0) is 30.2 Å². The van der Waals surface area contributed by atoms with Crippen molar-refractivity contribution in [2.45, 2.75) is 12.8 Å². The third kappa shape index (κ3) is 5.36. The van der Waals surface area contributed by atoms with Crippen molar-refractivity contribution in [2.75, 3.05) is 5.32 Å². The van der Waals surface area contributed by atoms with Gasteiger partial charge in [-0.3, -0.25) is 19.7 Å². The van der Waals surface area contributed by atoms with Gasteiger partial charge in [0.2, 0.25) is 5.91 Å². The minimum atomic E-state index is -0.569. The van der Waals surface area contributed by atoms with Gasteiger partial charge in [0.1, 0.15) is 0 Å². The normalized spacial score (nSPS) is 10.4. The molecule has 0 saturated heterocycles. The van der Waals surface area contributed by atoms with Crippen LogP contribution in [0.2, 0.25) is 0 Å². The van der Waals surface area contributed by atoms with Crippen molar-refractivity contribution in [1.82, 2.24) is 0 Å². The third-order valence-corrected chi connectivity index (χ3v) is 4.85. The molecule has 0 radical (unpaired) electrons. The van der Waals surface area contributed by atoms with E-state index in [1.165, 1.54) is 18.2 Å². The van der Waals surface area contributed by atoms with Gasteiger partial charge in [0.25, 0.3) is 5.69 Å². The smallest absolute Gasteiger partial charge is 0.270 e. The van der Waals surface area contributed by atoms with Crippen molar-refractivity contribution in [3.8, 4) is 0 Å². The molecule has 0 heterocycles. The zero-order chi connectivity index (χ0) is 20.8. The highest BCUT2D eigenvalue weighted by atomic mass is 79.9. The van der Waals surface area contributed by atoms with E-state index < -0.39 is 10.7 Å². The summed E-state index contributed by atoms with van der Waals surface area (Å²) in [6.07, 6.45) is 0.756. The maximum absolute atomic E-state index is 12.9. The first-order chi connectivity index (χ1) is 13.9. The lowest BCUT2D eigenvalue weighted by atomic mass is 10.0. The molecule has 0 fully saturated rings. The quantitative estimate of drug-likeness (QED) is 0.304. The summed E-state index contributed by atoms with van der Waals surface area (Å²) in [5.74, 6) is -0.665. The van der Waals surface area contributed by atoms with E-state index in [1.807, 2.05) is 24.3 Å². The summed E-state index contributed by atoms with van der Waals surface area (Å²) < 4.78 is 0.959. The largest absolute Gasteiger partial charge is 0.325 e. The van der Waals surface area contributed by atoms with Gasteiger partial charge in [0.05, 0.1) is 16.2 Å². The Labute approximate surface area is 175 Å². The second-order valence-electron chi connectivity index (χ2n) is 6.36. The molecule has 6 nitrogen and oxygen atoms in total. The van der Waals surface area contributed by atoms with Gasteiger partial charge in [0.15, 0.2) is 5.78 Å². The van der Waals surface area contributed by atoms with Crippen LogP contribution >= 0.6 is 15.9 Å². The Balaban J connectivity index is 1.80. The SMILES string of the molecule is O=C(CCc1ccc(Br)cc1)Nc1ccc([N+](=O)[O-])cc1C(=O)c1ccccc1. The zero-order valence-corrected chi connectivity index (χ0v) is 16.9. The summed E-state index contributed by atoms with van der Waals surface area (Å²) in [7, 11) is 0. The van der Waals surface area contributed by atoms with Gasteiger partial charge in [-0.15, -0.1) is 0 Å². The molecule has 0 saturated carbocycles. The summed E-state index contributed by atoms with van der Waals surface area (Å²) in [5.41, 5.74) is 1.52. The van der Waals surface area contributed by atoms with Gasteiger partial charge in [-0.1, -0.05) is 58.4 Å². The molecule has 0 aliphatic carbocycles. The van der Waals surface area contributed by atoms with Crippen molar-refractivity contribution in [1.29, 1.82) is 0 Å². The molecule has 0 spiro atoms. The van der Waals surface area contributed by atoms with Gasteiger partial charge in [-0.25, -0.2) is 0 Å². The number of hydrogen-bond acceptors (Lipinski definition) is 4. The molecule has 7 heteroatoms. The Morgan fingerprint density at radius 3 is 2.31 bits per heavy atom. The number of anilines is 1. The van der Waals surface area contributed by atoms with Crippen molar-refractivity contribution < 1.29 is 14.5 Å². The van der Waals surface area contributed by atoms with Crippen LogP contribution in [0.1, 0.15) is 27.9 Å². The first-order valence-corrected chi connectivity index (χ1v) is 9.66. The molecule has 29 heavy (non-hydrogen) atoms. The highest BCUT2D eigenvalue weighted by Gasteiger charge is 2.19. The van der Waals surface area contributed by atoms with Crippen LogP contribution in [-0.2, 0) is 11.2 Å². The summed E-state index contributed by atoms with van der Waals surface area (Å²) in [6, 6.07) is 20.0. The molecule has 0 aromatic heterocycles. The summed E-state index contributed by atoms with van der Waals surface area (Å²) in [4.78, 5) is 35.8. The lowest BCUT2D eigenvalue weighted by molar-refractivity contribution is -0.384. The number of nitro benzene ring substituents is 1. The molecule has 146 valence electrons. The van der Waals surface area contributed by atoms with E-state index in [4.69, 9.17) is 0 Å². The van der Waals surface area contributed by atoms with E-state index in [0.29, 0.717) is 12.0 Å². The van der Waals surface area contributed by atoms with Crippen LogP contribution in [-0.4, -0.2) is 16.6 Å². The molecule has 1 amide bonds. The third-order valence-electron chi connectivity index (χ3n) is 4.32. The highest BCUT2D eigenvalue weighted by Crippen LogP contribution is 2.25. The van der Waals surface area contributed by atoms with Crippen LogP contribution in [0.25, 0.3) is 0 Å². The summed E-state index contributed by atoms with van der Waals surface area (Å²) in [5, 5.41) is 13.8. The molecular weight excluding hydrogens is 436 g/mol. The molecule has 0 atom stereocenters. The fourth-order valence-electron chi connectivity index (χ4n) is 2.81. The minimum Gasteiger partial charge on any atom is -0.325 e. The van der Waals surface area contributed by atoms with Crippen molar-refractivity contribution in [2.24, 2.45) is 0 Å². The number of nitrogens with zero attached hydrogens (tertiary/aromatic N) is 1. The second-order valence-corrected chi connectivity index (χ2v) is 7.27. The van der Waals surface area contributed by atoms with Gasteiger partial charge >= 0.3 is 0 Å². The predicted molar refractivity (Wildman–Crippen MR) is 114 cm³/mol. The first kappa shape index (κ1) is 20.4. The predicted octanol–water partition coefficient (Wildman–Crippen LogP) is 5.16. The Morgan fingerprint density at radius 2 is 1.66 bits per heavy atom. The molecule has 3 aromatic rings. The summed E-state index contributed by atoms with van der Waals surface area (Å²) in [6.45, 7) is 0. The number of nitrogens with one attached hydrogen (secondary N) is 1. The van der Waals surface area contributed by atoms with E-state index in [2.05, 4.69) is 21.2 Å². The first-order valence-electron chi connectivity index (χ1n) is 8.86. The van der Waals surface area contributed by atoms with Crippen LogP contribution in [0.4, 0.5) is 11.4 Å². The maximum Gasteiger partial charge on any atom is 0.270 e. The van der Waals surface area contributed by atoms with E-state index in [-0.39, 0.29) is 29.3 Å². The second kappa shape index (κ2) is 9.25. The molecule has 3 rings (SSSR count). The molecular formula is C22H17BrN2O4. The number of ketones is 1. The number of halogens is 1. The van der Waals surface area contributed by atoms with Crippen molar-refractivity contribution >= 4 is 39.0 Å². The minimum absolute atomic E-state index is 0.0855. The van der Waals surface area contributed by atoms with Crippen molar-refractivity contribution in [3.63, 3.8) is 0 Å². The molecule has 3 aromatic carbocycles. The molecule has 0 aliphatic heterocycles. The monoisotopic (exact) mass is 452 g/mol. The summed E-state index contributed by atoms with van der Waals surface area (Å²) >= 11 is 3.37. The van der Waals surface area contributed by atoms with Crippen LogP contribution < -0.4 is 5.32 Å². The highest BCUT2D eigenvalue weighted by molar-refractivity contribution is 9.10. The number of non-ortho nitro benzene ring substituents is 1. The van der Waals surface area contributed by atoms with E-state index >= 15 is 0 Å². The zero-order valence-electron chi connectivity index (χ0n) is 15.3. The standard InChI is InChI=1S/C22H17BrN2O4/c23-17-9-6-15(7-10-17)8-13-21(26)24-20-12-11-18(25(28)29)14-19(20)22(27)16-4-2-1-3-5-16/h1-7,9-12,14H,8,13H2,(H,24,26). The number of carbonyl (C=O) groups is 2. The average molecular weight is 453 g/mol. The Bertz CT molecular complexity index is 1050. The molecule has 0 unspecified atom stereocenters. The number of benzene rings is 3. The van der Waals surface area contributed by atoms with E-state index in [0.717, 1.165) is 10.0 Å². The number of nitro groups is 1. The molecule has 0 aliphatic rings. The fraction of sp³-hybridized carbons (Fsp3) is 0.0909. The van der Waals surface area contributed by atoms with Crippen molar-refractivity contribution in [3.05, 3.63) is 104 Å². The van der Waals surface area contributed by atoms with Crippen LogP contribution in [0.3, 0.4) is 0 Å². The Morgan fingerprint density at radius 1 is 0.966 bits per heavy atom. The fourth-order valence-corrected chi connectivity index (χ4v) is 3.07. The van der Waals surface area contributed by atoms with E-state index in [9.17, 15) is 19.7 Å². The lowest BCUT2D eigenvalue weighted by Gasteiger charge is -2.11. The van der Waals surface area contributed by atoms with Gasteiger partial charge < -0.3 is 5.32 Å². The van der Waals surface area contributed by atoms with E-state index in [1.54, 1.807) is 30.3 Å². The van der Waals surface area contributed by atoms with Crippen LogP contribution in [0, 0.1) is 10.1 Å². The Hall–Kier alpha value is -3.32. The van der Waals surface area contributed by atoms with Crippen LogP contribution in [0.5, 0.6) is 0 Å². The maximum atomic E-state index is 12.9. The van der Waals surface area contributed by atoms with Gasteiger partial charge in [0, 0.05) is 28.6 Å². The number of aryl methyl sites for hydroxylation is 1. The number of rotatable bonds is 7.